The number of allylic oxidation sites excluding steroid dienone is 1. The fourth-order valence-corrected chi connectivity index (χ4v) is 4.46. The molecule has 1 saturated heterocycles. The number of carbonyl (C=O) groups is 1. The minimum absolute atomic E-state index is 0.286. The predicted octanol–water partition coefficient (Wildman–Crippen LogP) is 4.69. The van der Waals surface area contributed by atoms with Crippen molar-refractivity contribution in [1.29, 1.82) is 0 Å². The molecule has 0 saturated carbocycles. The molecule has 3 heterocycles. The molecule has 5 rings (SSSR count). The second kappa shape index (κ2) is 9.16. The van der Waals surface area contributed by atoms with E-state index < -0.39 is 0 Å². The maximum Gasteiger partial charge on any atom is 0.151 e. The van der Waals surface area contributed by atoms with Crippen molar-refractivity contribution in [2.24, 2.45) is 0 Å². The molecule has 0 bridgehead atoms. The van der Waals surface area contributed by atoms with E-state index in [-0.39, 0.29) is 5.92 Å². The maximum absolute atomic E-state index is 10.7. The molecule has 7 heteroatoms. The van der Waals surface area contributed by atoms with Gasteiger partial charge >= 0.3 is 0 Å². The molecule has 166 valence electrons. The zero-order valence-corrected chi connectivity index (χ0v) is 18.2. The SMILES string of the molecule is Nc1ncnc2c(C3CCCN(C=CC=O)C3)cn(-c3ccc(Oc4ccccc4)cc3)c12. The number of nitrogen functional groups attached to an aromatic ring is 1. The summed E-state index contributed by atoms with van der Waals surface area (Å²) < 4.78 is 7.99. The third-order valence-corrected chi connectivity index (χ3v) is 5.99. The summed E-state index contributed by atoms with van der Waals surface area (Å²) in [5, 5.41) is 0. The van der Waals surface area contributed by atoms with Gasteiger partial charge in [0.15, 0.2) is 5.82 Å². The van der Waals surface area contributed by atoms with Crippen molar-refractivity contribution in [2.45, 2.75) is 18.8 Å². The van der Waals surface area contributed by atoms with Crippen molar-refractivity contribution in [3.05, 3.63) is 85.0 Å². The van der Waals surface area contributed by atoms with Gasteiger partial charge in [0.1, 0.15) is 29.6 Å². The van der Waals surface area contributed by atoms with E-state index in [0.717, 1.165) is 66.0 Å². The fraction of sp³-hybridized carbons (Fsp3) is 0.192. The Kier molecular flexibility index (Phi) is 5.76. The normalized spacial score (nSPS) is 16.4. The number of hydrogen-bond acceptors (Lipinski definition) is 6. The van der Waals surface area contributed by atoms with Crippen LogP contribution in [0.15, 0.2) is 79.4 Å². The lowest BCUT2D eigenvalue weighted by Gasteiger charge is -2.31. The number of nitrogens with zero attached hydrogens (tertiary/aromatic N) is 4. The van der Waals surface area contributed by atoms with Crippen LogP contribution in [0.2, 0.25) is 0 Å². The molecule has 2 aromatic carbocycles. The molecule has 0 radical (unpaired) electrons. The molecule has 1 aliphatic rings. The third-order valence-electron chi connectivity index (χ3n) is 5.99. The number of ether oxygens (including phenoxy) is 1. The van der Waals surface area contributed by atoms with Crippen molar-refractivity contribution in [3.8, 4) is 17.2 Å². The molecule has 1 aliphatic heterocycles. The Hall–Kier alpha value is -4.13. The number of nitrogens with two attached hydrogens (primary N) is 1. The second-order valence-electron chi connectivity index (χ2n) is 8.13. The summed E-state index contributed by atoms with van der Waals surface area (Å²) in [5.41, 5.74) is 10.1. The smallest absolute Gasteiger partial charge is 0.151 e. The Morgan fingerprint density at radius 2 is 1.82 bits per heavy atom. The molecule has 1 unspecified atom stereocenters. The highest BCUT2D eigenvalue weighted by Gasteiger charge is 2.25. The van der Waals surface area contributed by atoms with Crippen LogP contribution in [-0.2, 0) is 4.79 Å². The summed E-state index contributed by atoms with van der Waals surface area (Å²) in [6.07, 6.45) is 9.98. The van der Waals surface area contributed by atoms with Gasteiger partial charge in [0, 0.05) is 42.7 Å². The average Bonchev–Trinajstić information content (AvgIpc) is 3.25. The van der Waals surface area contributed by atoms with Crippen molar-refractivity contribution in [1.82, 2.24) is 19.4 Å². The quantitative estimate of drug-likeness (QED) is 0.347. The van der Waals surface area contributed by atoms with Crippen molar-refractivity contribution < 1.29 is 9.53 Å². The zero-order chi connectivity index (χ0) is 22.6. The van der Waals surface area contributed by atoms with Crippen molar-refractivity contribution >= 4 is 23.1 Å². The average molecular weight is 440 g/mol. The van der Waals surface area contributed by atoms with Gasteiger partial charge in [-0.05, 0) is 55.3 Å². The first-order chi connectivity index (χ1) is 16.2. The van der Waals surface area contributed by atoms with Gasteiger partial charge in [-0.15, -0.1) is 0 Å². The first kappa shape index (κ1) is 20.8. The fourth-order valence-electron chi connectivity index (χ4n) is 4.46. The minimum Gasteiger partial charge on any atom is -0.457 e. The number of para-hydroxylation sites is 1. The number of aromatic nitrogens is 3. The highest BCUT2D eigenvalue weighted by molar-refractivity contribution is 5.90. The zero-order valence-electron chi connectivity index (χ0n) is 18.2. The van der Waals surface area contributed by atoms with E-state index in [1.807, 2.05) is 60.8 Å². The second-order valence-corrected chi connectivity index (χ2v) is 8.13. The third kappa shape index (κ3) is 4.30. The van der Waals surface area contributed by atoms with E-state index in [4.69, 9.17) is 10.5 Å². The standard InChI is InChI=1S/C26H25N5O2/c27-26-25-24(28-18-29-26)23(19-6-4-13-30(16-19)14-5-15-32)17-31(25)20-9-11-22(12-10-20)33-21-7-2-1-3-8-21/h1-3,5,7-12,14-15,17-19H,4,6,13,16H2,(H2,27,28,29). The largest absolute Gasteiger partial charge is 0.457 e. The summed E-state index contributed by atoms with van der Waals surface area (Å²) in [6.45, 7) is 1.77. The van der Waals surface area contributed by atoms with Gasteiger partial charge < -0.3 is 19.9 Å². The van der Waals surface area contributed by atoms with E-state index in [9.17, 15) is 4.79 Å². The topological polar surface area (TPSA) is 86.3 Å². The van der Waals surface area contributed by atoms with Gasteiger partial charge in [0.25, 0.3) is 0 Å². The Morgan fingerprint density at radius 1 is 1.03 bits per heavy atom. The van der Waals surface area contributed by atoms with Gasteiger partial charge in [0.2, 0.25) is 0 Å². The molecule has 0 amide bonds. The van der Waals surface area contributed by atoms with Crippen LogP contribution in [0, 0.1) is 0 Å². The van der Waals surface area contributed by atoms with Crippen LogP contribution in [0.25, 0.3) is 16.7 Å². The summed E-state index contributed by atoms with van der Waals surface area (Å²) in [4.78, 5) is 21.8. The van der Waals surface area contributed by atoms with Gasteiger partial charge in [-0.3, -0.25) is 4.79 Å². The number of benzene rings is 2. The molecular weight excluding hydrogens is 414 g/mol. The summed E-state index contributed by atoms with van der Waals surface area (Å²) in [6, 6.07) is 17.6. The Bertz CT molecular complexity index is 1280. The van der Waals surface area contributed by atoms with E-state index >= 15 is 0 Å². The Balaban J connectivity index is 1.49. The van der Waals surface area contributed by atoms with Gasteiger partial charge in [-0.1, -0.05) is 18.2 Å². The number of aldehydes is 1. The first-order valence-corrected chi connectivity index (χ1v) is 11.0. The minimum atomic E-state index is 0.286. The number of rotatable bonds is 6. The lowest BCUT2D eigenvalue weighted by molar-refractivity contribution is -0.104. The molecule has 1 atom stereocenters. The lowest BCUT2D eigenvalue weighted by Crippen LogP contribution is -2.30. The summed E-state index contributed by atoms with van der Waals surface area (Å²) in [7, 11) is 0. The molecule has 0 aliphatic carbocycles. The number of piperidine rings is 1. The number of hydrogen-bond donors (Lipinski definition) is 1. The molecular formula is C26H25N5O2. The van der Waals surface area contributed by atoms with Crippen LogP contribution < -0.4 is 10.5 Å². The Morgan fingerprint density at radius 3 is 2.61 bits per heavy atom. The Labute approximate surface area is 192 Å². The summed E-state index contributed by atoms with van der Waals surface area (Å²) in [5.74, 6) is 2.29. The van der Waals surface area contributed by atoms with Crippen LogP contribution in [0.3, 0.4) is 0 Å². The lowest BCUT2D eigenvalue weighted by atomic mass is 9.92. The van der Waals surface area contributed by atoms with Gasteiger partial charge in [0.05, 0.1) is 5.52 Å². The van der Waals surface area contributed by atoms with Crippen molar-refractivity contribution in [3.63, 3.8) is 0 Å². The van der Waals surface area contributed by atoms with Gasteiger partial charge in [-0.25, -0.2) is 9.97 Å². The highest BCUT2D eigenvalue weighted by Crippen LogP contribution is 2.36. The van der Waals surface area contributed by atoms with Crippen LogP contribution in [-0.4, -0.2) is 38.8 Å². The number of fused-ring (bicyclic) bond motifs is 1. The number of likely N-dealkylation sites (tertiary alicyclic amines) is 1. The highest BCUT2D eigenvalue weighted by atomic mass is 16.5. The van der Waals surface area contributed by atoms with Crippen LogP contribution in [0.1, 0.15) is 24.3 Å². The van der Waals surface area contributed by atoms with Crippen molar-refractivity contribution in [2.75, 3.05) is 18.8 Å². The van der Waals surface area contributed by atoms with Crippen LogP contribution in [0.4, 0.5) is 5.82 Å². The molecule has 1 fully saturated rings. The molecule has 7 nitrogen and oxygen atoms in total. The number of anilines is 1. The van der Waals surface area contributed by atoms with Crippen LogP contribution in [0.5, 0.6) is 11.5 Å². The van der Waals surface area contributed by atoms with E-state index in [2.05, 4.69) is 25.6 Å². The molecule has 2 aromatic heterocycles. The summed E-state index contributed by atoms with van der Waals surface area (Å²) >= 11 is 0. The van der Waals surface area contributed by atoms with Crippen LogP contribution >= 0.6 is 0 Å². The predicted molar refractivity (Wildman–Crippen MR) is 129 cm³/mol. The maximum atomic E-state index is 10.7. The monoisotopic (exact) mass is 439 g/mol. The first-order valence-electron chi connectivity index (χ1n) is 11.0. The number of carbonyl (C=O) groups excluding carboxylic acids is 1. The molecule has 2 N–H and O–H groups in total. The van der Waals surface area contributed by atoms with E-state index in [1.54, 1.807) is 6.08 Å². The molecule has 4 aromatic rings. The van der Waals surface area contributed by atoms with E-state index in [1.165, 1.54) is 6.33 Å². The van der Waals surface area contributed by atoms with E-state index in [0.29, 0.717) is 5.82 Å². The molecule has 0 spiro atoms. The molecule has 33 heavy (non-hydrogen) atoms. The van der Waals surface area contributed by atoms with Gasteiger partial charge in [-0.2, -0.15) is 0 Å².